The number of nitrogens with zero attached hydrogens (tertiary/aromatic N) is 1. The van der Waals surface area contributed by atoms with E-state index in [4.69, 9.17) is 0 Å². The lowest BCUT2D eigenvalue weighted by atomic mass is 10.1. The fraction of sp³-hybridized carbons (Fsp3) is 0.917. The fourth-order valence-electron chi connectivity index (χ4n) is 2.20. The Kier molecular flexibility index (Phi) is 8.67. The summed E-state index contributed by atoms with van der Waals surface area (Å²) in [5.41, 5.74) is 0. The Labute approximate surface area is 105 Å². The first-order valence-corrected chi connectivity index (χ1v) is 6.20. The van der Waals surface area contributed by atoms with Gasteiger partial charge in [-0.2, -0.15) is 0 Å². The van der Waals surface area contributed by atoms with Gasteiger partial charge in [-0.05, 0) is 32.4 Å². The SMILES string of the molecule is CCCCCC(=O)N1CCC(CNC)C1.Cl. The summed E-state index contributed by atoms with van der Waals surface area (Å²) in [5.74, 6) is 1.03. The van der Waals surface area contributed by atoms with Crippen LogP contribution in [0.3, 0.4) is 0 Å². The van der Waals surface area contributed by atoms with Gasteiger partial charge in [0.05, 0.1) is 0 Å². The van der Waals surface area contributed by atoms with Crippen molar-refractivity contribution in [1.82, 2.24) is 10.2 Å². The van der Waals surface area contributed by atoms with E-state index in [2.05, 4.69) is 12.2 Å². The monoisotopic (exact) mass is 248 g/mol. The molecular weight excluding hydrogens is 224 g/mol. The molecule has 0 radical (unpaired) electrons. The van der Waals surface area contributed by atoms with Crippen LogP contribution in [0.15, 0.2) is 0 Å². The zero-order valence-electron chi connectivity index (χ0n) is 10.5. The molecule has 3 nitrogen and oxygen atoms in total. The third-order valence-corrected chi connectivity index (χ3v) is 3.13. The average Bonchev–Trinajstić information content (AvgIpc) is 2.67. The highest BCUT2D eigenvalue weighted by Gasteiger charge is 2.24. The van der Waals surface area contributed by atoms with Crippen molar-refractivity contribution in [3.05, 3.63) is 0 Å². The summed E-state index contributed by atoms with van der Waals surface area (Å²) in [6.07, 6.45) is 5.35. The standard InChI is InChI=1S/C12H24N2O.ClH/c1-3-4-5-6-12(15)14-8-7-11(10-14)9-13-2;/h11,13H,3-10H2,1-2H3;1H. The number of nitrogens with one attached hydrogen (secondary N) is 1. The van der Waals surface area contributed by atoms with Gasteiger partial charge in [-0.3, -0.25) is 4.79 Å². The summed E-state index contributed by atoms with van der Waals surface area (Å²) in [4.78, 5) is 13.8. The van der Waals surface area contributed by atoms with E-state index in [0.717, 1.165) is 32.5 Å². The molecule has 0 aromatic carbocycles. The molecule has 1 aliphatic rings. The molecule has 4 heteroatoms. The number of likely N-dealkylation sites (tertiary alicyclic amines) is 1. The maximum Gasteiger partial charge on any atom is 0.222 e. The van der Waals surface area contributed by atoms with Gasteiger partial charge in [-0.25, -0.2) is 0 Å². The lowest BCUT2D eigenvalue weighted by Crippen LogP contribution is -2.30. The zero-order chi connectivity index (χ0) is 11.1. The van der Waals surface area contributed by atoms with Crippen molar-refractivity contribution in [2.24, 2.45) is 5.92 Å². The molecule has 1 saturated heterocycles. The molecule has 1 unspecified atom stereocenters. The number of rotatable bonds is 6. The molecule has 0 aliphatic carbocycles. The van der Waals surface area contributed by atoms with Gasteiger partial charge in [0, 0.05) is 19.5 Å². The molecule has 1 fully saturated rings. The van der Waals surface area contributed by atoms with E-state index in [9.17, 15) is 4.79 Å². The minimum absolute atomic E-state index is 0. The quantitative estimate of drug-likeness (QED) is 0.730. The summed E-state index contributed by atoms with van der Waals surface area (Å²) in [6, 6.07) is 0. The number of unbranched alkanes of at least 4 members (excludes halogenated alkanes) is 2. The second-order valence-electron chi connectivity index (χ2n) is 4.51. The molecule has 16 heavy (non-hydrogen) atoms. The summed E-state index contributed by atoms with van der Waals surface area (Å²) < 4.78 is 0. The van der Waals surface area contributed by atoms with Crippen LogP contribution in [0.25, 0.3) is 0 Å². The molecular formula is C12H25ClN2O. The molecule has 0 bridgehead atoms. The third-order valence-electron chi connectivity index (χ3n) is 3.13. The zero-order valence-corrected chi connectivity index (χ0v) is 11.3. The van der Waals surface area contributed by atoms with Crippen LogP contribution in [0, 0.1) is 5.92 Å². The number of carbonyl (C=O) groups is 1. The molecule has 1 amide bonds. The maximum atomic E-state index is 11.8. The first kappa shape index (κ1) is 15.7. The number of hydrogen-bond acceptors (Lipinski definition) is 2. The van der Waals surface area contributed by atoms with Crippen LogP contribution >= 0.6 is 12.4 Å². The predicted molar refractivity (Wildman–Crippen MR) is 70.0 cm³/mol. The fourth-order valence-corrected chi connectivity index (χ4v) is 2.20. The van der Waals surface area contributed by atoms with Crippen molar-refractivity contribution < 1.29 is 4.79 Å². The second-order valence-corrected chi connectivity index (χ2v) is 4.51. The number of amides is 1. The first-order valence-electron chi connectivity index (χ1n) is 6.20. The van der Waals surface area contributed by atoms with Crippen LogP contribution in [0.4, 0.5) is 0 Å². The van der Waals surface area contributed by atoms with Crippen molar-refractivity contribution in [2.45, 2.75) is 39.0 Å². The molecule has 0 aromatic rings. The van der Waals surface area contributed by atoms with Crippen LogP contribution in [0.1, 0.15) is 39.0 Å². The largest absolute Gasteiger partial charge is 0.342 e. The van der Waals surface area contributed by atoms with Crippen LogP contribution in [0.5, 0.6) is 0 Å². The molecule has 0 spiro atoms. The lowest BCUT2D eigenvalue weighted by Gasteiger charge is -2.16. The minimum atomic E-state index is 0. The third kappa shape index (κ3) is 5.17. The highest BCUT2D eigenvalue weighted by atomic mass is 35.5. The molecule has 1 N–H and O–H groups in total. The van der Waals surface area contributed by atoms with Crippen LogP contribution < -0.4 is 5.32 Å². The molecule has 0 saturated carbocycles. The normalized spacial score (nSPS) is 19.6. The second kappa shape index (κ2) is 8.82. The average molecular weight is 249 g/mol. The first-order chi connectivity index (χ1) is 7.27. The molecule has 0 aromatic heterocycles. The van der Waals surface area contributed by atoms with E-state index in [1.165, 1.54) is 19.3 Å². The van der Waals surface area contributed by atoms with Crippen LogP contribution in [-0.2, 0) is 4.79 Å². The number of hydrogen-bond donors (Lipinski definition) is 1. The van der Waals surface area contributed by atoms with Crippen molar-refractivity contribution in [2.75, 3.05) is 26.7 Å². The maximum absolute atomic E-state index is 11.8. The summed E-state index contributed by atoms with van der Waals surface area (Å²) in [6.45, 7) is 5.14. The van der Waals surface area contributed by atoms with Gasteiger partial charge in [-0.1, -0.05) is 19.8 Å². The van der Waals surface area contributed by atoms with Crippen molar-refractivity contribution >= 4 is 18.3 Å². The summed E-state index contributed by atoms with van der Waals surface area (Å²) in [5, 5.41) is 3.18. The van der Waals surface area contributed by atoms with E-state index < -0.39 is 0 Å². The van der Waals surface area contributed by atoms with Crippen LogP contribution in [-0.4, -0.2) is 37.5 Å². The minimum Gasteiger partial charge on any atom is -0.342 e. The van der Waals surface area contributed by atoms with E-state index in [1.807, 2.05) is 11.9 Å². The number of carbonyl (C=O) groups excluding carboxylic acids is 1. The van der Waals surface area contributed by atoms with E-state index in [1.54, 1.807) is 0 Å². The highest BCUT2D eigenvalue weighted by molar-refractivity contribution is 5.85. The van der Waals surface area contributed by atoms with Gasteiger partial charge in [0.1, 0.15) is 0 Å². The van der Waals surface area contributed by atoms with E-state index in [-0.39, 0.29) is 12.4 Å². The lowest BCUT2D eigenvalue weighted by molar-refractivity contribution is -0.130. The smallest absolute Gasteiger partial charge is 0.222 e. The Balaban J connectivity index is 0.00000225. The number of halogens is 1. The molecule has 96 valence electrons. The summed E-state index contributed by atoms with van der Waals surface area (Å²) in [7, 11) is 1.98. The van der Waals surface area contributed by atoms with E-state index >= 15 is 0 Å². The Bertz CT molecular complexity index is 199. The van der Waals surface area contributed by atoms with Crippen LogP contribution in [0.2, 0.25) is 0 Å². The van der Waals surface area contributed by atoms with Crippen molar-refractivity contribution in [3.63, 3.8) is 0 Å². The predicted octanol–water partition coefficient (Wildman–Crippen LogP) is 2.06. The Hall–Kier alpha value is -0.280. The van der Waals surface area contributed by atoms with Crippen molar-refractivity contribution in [1.29, 1.82) is 0 Å². The topological polar surface area (TPSA) is 32.3 Å². The van der Waals surface area contributed by atoms with Crippen molar-refractivity contribution in [3.8, 4) is 0 Å². The molecule has 1 rings (SSSR count). The molecule has 1 heterocycles. The Morgan fingerprint density at radius 1 is 1.44 bits per heavy atom. The van der Waals surface area contributed by atoms with E-state index in [0.29, 0.717) is 11.8 Å². The van der Waals surface area contributed by atoms with Gasteiger partial charge < -0.3 is 10.2 Å². The highest BCUT2D eigenvalue weighted by Crippen LogP contribution is 2.17. The molecule has 1 atom stereocenters. The van der Waals surface area contributed by atoms with Gasteiger partial charge in [-0.15, -0.1) is 12.4 Å². The van der Waals surface area contributed by atoms with Gasteiger partial charge in [0.15, 0.2) is 0 Å². The van der Waals surface area contributed by atoms with Gasteiger partial charge >= 0.3 is 0 Å². The van der Waals surface area contributed by atoms with Gasteiger partial charge in [0.2, 0.25) is 5.91 Å². The molecule has 1 aliphatic heterocycles. The Morgan fingerprint density at radius 2 is 2.19 bits per heavy atom. The Morgan fingerprint density at radius 3 is 2.81 bits per heavy atom. The summed E-state index contributed by atoms with van der Waals surface area (Å²) >= 11 is 0. The van der Waals surface area contributed by atoms with Gasteiger partial charge in [0.25, 0.3) is 0 Å².